The molecule has 1 heterocycles. The van der Waals surface area contributed by atoms with Gasteiger partial charge in [-0.25, -0.2) is 0 Å². The molecule has 3 N–H and O–H groups in total. The number of aliphatic hydroxyl groups is 1. The van der Waals surface area contributed by atoms with Crippen molar-refractivity contribution in [3.05, 3.63) is 33.8 Å². The Morgan fingerprint density at radius 1 is 1.44 bits per heavy atom. The van der Waals surface area contributed by atoms with E-state index in [0.29, 0.717) is 22.2 Å². The lowest BCUT2D eigenvalue weighted by atomic mass is 10.1. The van der Waals surface area contributed by atoms with E-state index in [1.54, 1.807) is 18.2 Å². The molecule has 4 nitrogen and oxygen atoms in total. The van der Waals surface area contributed by atoms with E-state index in [9.17, 15) is 5.11 Å². The molecule has 0 saturated heterocycles. The van der Waals surface area contributed by atoms with Gasteiger partial charge in [0.05, 0.1) is 6.10 Å². The summed E-state index contributed by atoms with van der Waals surface area (Å²) < 4.78 is 0. The van der Waals surface area contributed by atoms with Gasteiger partial charge in [-0.1, -0.05) is 29.3 Å². The van der Waals surface area contributed by atoms with Gasteiger partial charge in [0, 0.05) is 35.2 Å². The highest BCUT2D eigenvalue weighted by Gasteiger charge is 2.13. The van der Waals surface area contributed by atoms with Gasteiger partial charge in [0.15, 0.2) is 5.96 Å². The average molecular weight is 288 g/mol. The molecule has 1 aliphatic heterocycles. The van der Waals surface area contributed by atoms with E-state index in [1.165, 1.54) is 0 Å². The second-order valence-corrected chi connectivity index (χ2v) is 4.92. The predicted octanol–water partition coefficient (Wildman–Crippen LogP) is 1.97. The molecule has 0 aromatic heterocycles. The zero-order valence-electron chi connectivity index (χ0n) is 9.79. The summed E-state index contributed by atoms with van der Waals surface area (Å²) in [6.45, 7) is 2.07. The van der Waals surface area contributed by atoms with Crippen LogP contribution in [0.2, 0.25) is 10.0 Å². The molecular weight excluding hydrogens is 273 g/mol. The summed E-state index contributed by atoms with van der Waals surface area (Å²) in [5.41, 5.74) is 0.657. The Morgan fingerprint density at radius 2 is 2.28 bits per heavy atom. The smallest absolute Gasteiger partial charge is 0.191 e. The molecule has 1 atom stereocenters. The topological polar surface area (TPSA) is 56.6 Å². The molecule has 0 bridgehead atoms. The van der Waals surface area contributed by atoms with Crippen molar-refractivity contribution in [3.63, 3.8) is 0 Å². The summed E-state index contributed by atoms with van der Waals surface area (Å²) in [5, 5.41) is 17.3. The lowest BCUT2D eigenvalue weighted by Gasteiger charge is -2.19. The van der Waals surface area contributed by atoms with Crippen LogP contribution in [0.15, 0.2) is 23.2 Å². The van der Waals surface area contributed by atoms with Crippen LogP contribution in [0.25, 0.3) is 0 Å². The average Bonchev–Trinajstić information content (AvgIpc) is 2.37. The Bertz CT molecular complexity index is 451. The Hall–Kier alpha value is -0.970. The van der Waals surface area contributed by atoms with Crippen molar-refractivity contribution >= 4 is 29.2 Å². The number of aliphatic hydroxyl groups excluding tert-OH is 1. The first kappa shape index (κ1) is 13.5. The Labute approximate surface area is 116 Å². The van der Waals surface area contributed by atoms with Crippen LogP contribution in [0.1, 0.15) is 18.1 Å². The number of hydrogen-bond donors (Lipinski definition) is 3. The number of nitrogens with one attached hydrogen (secondary N) is 2. The van der Waals surface area contributed by atoms with Crippen LogP contribution >= 0.6 is 23.2 Å². The van der Waals surface area contributed by atoms with Gasteiger partial charge in [-0.2, -0.15) is 0 Å². The van der Waals surface area contributed by atoms with Gasteiger partial charge in [0.2, 0.25) is 0 Å². The highest BCUT2D eigenvalue weighted by molar-refractivity contribution is 6.35. The number of rotatable bonds is 3. The van der Waals surface area contributed by atoms with E-state index < -0.39 is 6.10 Å². The number of halogens is 2. The number of benzene rings is 1. The number of nitrogens with zero attached hydrogens (tertiary/aromatic N) is 1. The number of hydrogen-bond acceptors (Lipinski definition) is 4. The lowest BCUT2D eigenvalue weighted by Crippen LogP contribution is -2.42. The molecule has 18 heavy (non-hydrogen) atoms. The SMILES string of the molecule is OC(CNC1=NCCCN1)c1ccc(Cl)cc1Cl. The van der Waals surface area contributed by atoms with E-state index in [-0.39, 0.29) is 0 Å². The molecule has 0 aliphatic carbocycles. The number of aliphatic imine (C=N–C) groups is 1. The minimum Gasteiger partial charge on any atom is -0.387 e. The molecule has 6 heteroatoms. The minimum atomic E-state index is -0.693. The van der Waals surface area contributed by atoms with Crippen molar-refractivity contribution in [2.45, 2.75) is 12.5 Å². The van der Waals surface area contributed by atoms with Gasteiger partial charge in [0.25, 0.3) is 0 Å². The highest BCUT2D eigenvalue weighted by Crippen LogP contribution is 2.25. The van der Waals surface area contributed by atoms with Crippen molar-refractivity contribution in [1.82, 2.24) is 10.6 Å². The quantitative estimate of drug-likeness (QED) is 0.797. The van der Waals surface area contributed by atoms with Gasteiger partial charge >= 0.3 is 0 Å². The van der Waals surface area contributed by atoms with Gasteiger partial charge < -0.3 is 15.7 Å². The largest absolute Gasteiger partial charge is 0.387 e. The van der Waals surface area contributed by atoms with Crippen LogP contribution < -0.4 is 10.6 Å². The van der Waals surface area contributed by atoms with Crippen molar-refractivity contribution in [1.29, 1.82) is 0 Å². The molecule has 2 rings (SSSR count). The highest BCUT2D eigenvalue weighted by atomic mass is 35.5. The molecule has 0 amide bonds. The van der Waals surface area contributed by atoms with Crippen molar-refractivity contribution in [3.8, 4) is 0 Å². The zero-order chi connectivity index (χ0) is 13.0. The fourth-order valence-corrected chi connectivity index (χ4v) is 2.26. The van der Waals surface area contributed by atoms with Gasteiger partial charge in [-0.3, -0.25) is 4.99 Å². The van der Waals surface area contributed by atoms with E-state index in [4.69, 9.17) is 23.2 Å². The molecule has 0 radical (unpaired) electrons. The van der Waals surface area contributed by atoms with Crippen molar-refractivity contribution in [2.75, 3.05) is 19.6 Å². The van der Waals surface area contributed by atoms with Crippen LogP contribution in [0.3, 0.4) is 0 Å². The van der Waals surface area contributed by atoms with E-state index in [1.807, 2.05) is 0 Å². The fraction of sp³-hybridized carbons (Fsp3) is 0.417. The van der Waals surface area contributed by atoms with Crippen LogP contribution in [0.4, 0.5) is 0 Å². The molecule has 0 saturated carbocycles. The molecule has 1 aromatic rings. The van der Waals surface area contributed by atoms with Crippen LogP contribution in [-0.2, 0) is 0 Å². The normalized spacial score (nSPS) is 16.7. The van der Waals surface area contributed by atoms with E-state index in [2.05, 4.69) is 15.6 Å². The zero-order valence-corrected chi connectivity index (χ0v) is 11.3. The molecule has 1 unspecified atom stereocenters. The van der Waals surface area contributed by atoms with Crippen LogP contribution in [-0.4, -0.2) is 30.7 Å². The maximum atomic E-state index is 10.1. The van der Waals surface area contributed by atoms with Crippen molar-refractivity contribution < 1.29 is 5.11 Å². The maximum Gasteiger partial charge on any atom is 0.191 e. The van der Waals surface area contributed by atoms with Gasteiger partial charge in [-0.05, 0) is 18.6 Å². The first-order valence-electron chi connectivity index (χ1n) is 5.82. The molecule has 1 aliphatic rings. The lowest BCUT2D eigenvalue weighted by molar-refractivity contribution is 0.181. The summed E-state index contributed by atoms with van der Waals surface area (Å²) >= 11 is 11.8. The second kappa shape index (κ2) is 6.27. The summed E-state index contributed by atoms with van der Waals surface area (Å²) in [7, 11) is 0. The summed E-state index contributed by atoms with van der Waals surface area (Å²) in [6, 6.07) is 5.06. The van der Waals surface area contributed by atoms with E-state index >= 15 is 0 Å². The van der Waals surface area contributed by atoms with Crippen LogP contribution in [0, 0.1) is 0 Å². The molecular formula is C12H15Cl2N3O. The van der Waals surface area contributed by atoms with Crippen LogP contribution in [0.5, 0.6) is 0 Å². The summed E-state index contributed by atoms with van der Waals surface area (Å²) in [4.78, 5) is 4.26. The molecule has 0 fully saturated rings. The Kier molecular flexibility index (Phi) is 4.69. The Balaban J connectivity index is 1.94. The molecule has 98 valence electrons. The third-order valence-electron chi connectivity index (χ3n) is 2.68. The van der Waals surface area contributed by atoms with Crippen molar-refractivity contribution in [2.24, 2.45) is 4.99 Å². The predicted molar refractivity (Wildman–Crippen MR) is 74.3 cm³/mol. The third kappa shape index (κ3) is 3.51. The van der Waals surface area contributed by atoms with E-state index in [0.717, 1.165) is 25.5 Å². The minimum absolute atomic E-state index is 0.354. The standard InChI is InChI=1S/C12H15Cl2N3O/c13-8-2-3-9(10(14)6-8)11(18)7-17-12-15-4-1-5-16-12/h2-3,6,11,18H,1,4-5,7H2,(H2,15,16,17). The maximum absolute atomic E-state index is 10.1. The first-order valence-corrected chi connectivity index (χ1v) is 6.57. The molecule has 1 aromatic carbocycles. The number of guanidine groups is 1. The van der Waals surface area contributed by atoms with Gasteiger partial charge in [0.1, 0.15) is 0 Å². The fourth-order valence-electron chi connectivity index (χ4n) is 1.73. The van der Waals surface area contributed by atoms with Gasteiger partial charge in [-0.15, -0.1) is 0 Å². The monoisotopic (exact) mass is 287 g/mol. The molecule has 0 spiro atoms. The second-order valence-electron chi connectivity index (χ2n) is 4.07. The summed E-state index contributed by atoms with van der Waals surface area (Å²) in [5.74, 6) is 0.727. The third-order valence-corrected chi connectivity index (χ3v) is 3.24. The Morgan fingerprint density at radius 3 is 2.94 bits per heavy atom. The first-order chi connectivity index (χ1) is 8.66. The summed E-state index contributed by atoms with van der Waals surface area (Å²) in [6.07, 6.45) is 0.345.